The maximum absolute atomic E-state index is 13.4. The predicted octanol–water partition coefficient (Wildman–Crippen LogP) is 5.09. The molecule has 35 heavy (non-hydrogen) atoms. The van der Waals surface area contributed by atoms with Crippen LogP contribution in [0.25, 0.3) is 0 Å². The molecule has 0 radical (unpaired) electrons. The molecule has 186 valence electrons. The number of halogens is 2. The van der Waals surface area contributed by atoms with Crippen molar-refractivity contribution in [3.05, 3.63) is 64.7 Å². The average Bonchev–Trinajstić information content (AvgIpc) is 2.85. The lowest BCUT2D eigenvalue weighted by molar-refractivity contribution is 0.254. The van der Waals surface area contributed by atoms with Gasteiger partial charge in [0, 0.05) is 44.4 Å². The van der Waals surface area contributed by atoms with Gasteiger partial charge in [-0.2, -0.15) is 0 Å². The van der Waals surface area contributed by atoms with Crippen molar-refractivity contribution in [3.8, 4) is 11.5 Å². The van der Waals surface area contributed by atoms with Crippen molar-refractivity contribution in [1.82, 2.24) is 14.9 Å². The van der Waals surface area contributed by atoms with Crippen LogP contribution in [0.4, 0.5) is 21.7 Å². The fraction of sp³-hybridized carbons (Fsp3) is 0.385. The maximum atomic E-state index is 13.4. The van der Waals surface area contributed by atoms with E-state index in [4.69, 9.17) is 21.1 Å². The number of aromatic nitrogens is 2. The van der Waals surface area contributed by atoms with Crippen LogP contribution in [0.5, 0.6) is 11.5 Å². The van der Waals surface area contributed by atoms with Gasteiger partial charge in [-0.15, -0.1) is 0 Å². The van der Waals surface area contributed by atoms with Crippen LogP contribution in [-0.4, -0.2) is 61.8 Å². The van der Waals surface area contributed by atoms with Gasteiger partial charge in [0.05, 0.1) is 24.9 Å². The number of rotatable bonds is 9. The van der Waals surface area contributed by atoms with E-state index >= 15 is 0 Å². The van der Waals surface area contributed by atoms with Gasteiger partial charge in [0.15, 0.2) is 0 Å². The molecule has 0 atom stereocenters. The lowest BCUT2D eigenvalue weighted by atomic mass is 10.1. The molecule has 1 N–H and O–H groups in total. The van der Waals surface area contributed by atoms with Crippen LogP contribution in [0.1, 0.15) is 17.8 Å². The van der Waals surface area contributed by atoms with E-state index < -0.39 is 0 Å². The monoisotopic (exact) mass is 499 g/mol. The molecule has 0 amide bonds. The second-order valence-electron chi connectivity index (χ2n) is 8.53. The first-order valence-electron chi connectivity index (χ1n) is 11.7. The Bertz CT molecular complexity index is 1150. The van der Waals surface area contributed by atoms with E-state index in [1.54, 1.807) is 38.5 Å². The molecular weight excluding hydrogens is 469 g/mol. The Morgan fingerprint density at radius 1 is 1.00 bits per heavy atom. The van der Waals surface area contributed by atoms with E-state index in [1.807, 2.05) is 19.1 Å². The number of ether oxygens (including phenoxy) is 2. The van der Waals surface area contributed by atoms with E-state index in [-0.39, 0.29) is 5.82 Å². The molecule has 1 aliphatic heterocycles. The molecule has 0 saturated carbocycles. The molecule has 0 spiro atoms. The largest absolute Gasteiger partial charge is 0.495 e. The molecule has 9 heteroatoms. The SMILES string of the molecule is COc1cc(Nc2cc(N3CCN(CCCc4cccc(F)c4)CC3)nc(C)n2)c(OC)cc1Cl. The summed E-state index contributed by atoms with van der Waals surface area (Å²) in [6, 6.07) is 12.3. The topological polar surface area (TPSA) is 62.8 Å². The molecule has 4 rings (SSSR count). The summed E-state index contributed by atoms with van der Waals surface area (Å²) < 4.78 is 24.2. The summed E-state index contributed by atoms with van der Waals surface area (Å²) in [5.74, 6) is 3.23. The summed E-state index contributed by atoms with van der Waals surface area (Å²) >= 11 is 6.23. The van der Waals surface area contributed by atoms with Crippen molar-refractivity contribution in [2.24, 2.45) is 0 Å². The second kappa shape index (κ2) is 11.6. The Balaban J connectivity index is 1.36. The first-order valence-corrected chi connectivity index (χ1v) is 12.1. The zero-order valence-corrected chi connectivity index (χ0v) is 21.1. The highest BCUT2D eigenvalue weighted by Gasteiger charge is 2.19. The molecule has 0 aliphatic carbocycles. The van der Waals surface area contributed by atoms with E-state index in [1.165, 1.54) is 6.07 Å². The highest BCUT2D eigenvalue weighted by Crippen LogP contribution is 2.37. The van der Waals surface area contributed by atoms with Gasteiger partial charge in [0.1, 0.15) is 34.8 Å². The Kier molecular flexibility index (Phi) is 8.25. The zero-order chi connectivity index (χ0) is 24.8. The van der Waals surface area contributed by atoms with E-state index in [9.17, 15) is 4.39 Å². The summed E-state index contributed by atoms with van der Waals surface area (Å²) in [7, 11) is 3.17. The number of benzene rings is 2. The van der Waals surface area contributed by atoms with E-state index in [2.05, 4.69) is 25.1 Å². The minimum Gasteiger partial charge on any atom is -0.495 e. The first-order chi connectivity index (χ1) is 16.9. The summed E-state index contributed by atoms with van der Waals surface area (Å²) in [5.41, 5.74) is 1.76. The lowest BCUT2D eigenvalue weighted by Crippen LogP contribution is -2.47. The third-order valence-electron chi connectivity index (χ3n) is 6.09. The molecule has 1 aromatic heterocycles. The smallest absolute Gasteiger partial charge is 0.144 e. The third-order valence-corrected chi connectivity index (χ3v) is 6.38. The van der Waals surface area contributed by atoms with Crippen LogP contribution in [0, 0.1) is 12.7 Å². The first kappa shape index (κ1) is 25.0. The standard InChI is InChI=1S/C26H31ClFN5O2/c1-18-29-25(31-22-16-23(34-2)21(27)15-24(22)35-3)17-26(30-18)33-12-10-32(11-13-33)9-5-7-19-6-4-8-20(28)14-19/h4,6,8,14-17H,5,7,9-13H2,1-3H3,(H,29,30,31). The van der Waals surface area contributed by atoms with Crippen LogP contribution < -0.4 is 19.7 Å². The Hall–Kier alpha value is -3.10. The van der Waals surface area contributed by atoms with Gasteiger partial charge in [0.2, 0.25) is 0 Å². The van der Waals surface area contributed by atoms with Crippen LogP contribution in [0.15, 0.2) is 42.5 Å². The molecule has 0 unspecified atom stereocenters. The summed E-state index contributed by atoms with van der Waals surface area (Å²) in [4.78, 5) is 14.0. The molecule has 1 fully saturated rings. The van der Waals surface area contributed by atoms with Gasteiger partial charge >= 0.3 is 0 Å². The highest BCUT2D eigenvalue weighted by molar-refractivity contribution is 6.32. The quantitative estimate of drug-likeness (QED) is 0.440. The van der Waals surface area contributed by atoms with Gasteiger partial charge in [-0.25, -0.2) is 14.4 Å². The Morgan fingerprint density at radius 3 is 2.49 bits per heavy atom. The van der Waals surface area contributed by atoms with Gasteiger partial charge in [-0.05, 0) is 44.0 Å². The number of nitrogens with zero attached hydrogens (tertiary/aromatic N) is 4. The van der Waals surface area contributed by atoms with Crippen molar-refractivity contribution in [2.45, 2.75) is 19.8 Å². The van der Waals surface area contributed by atoms with Crippen molar-refractivity contribution in [3.63, 3.8) is 0 Å². The number of hydrogen-bond acceptors (Lipinski definition) is 7. The second-order valence-corrected chi connectivity index (χ2v) is 8.94. The fourth-order valence-electron chi connectivity index (χ4n) is 4.27. The predicted molar refractivity (Wildman–Crippen MR) is 138 cm³/mol. The van der Waals surface area contributed by atoms with Crippen molar-refractivity contribution in [2.75, 3.05) is 57.2 Å². The number of anilines is 3. The Labute approximate surface area is 210 Å². The summed E-state index contributed by atoms with van der Waals surface area (Å²) in [5, 5.41) is 3.80. The Morgan fingerprint density at radius 2 is 1.77 bits per heavy atom. The van der Waals surface area contributed by atoms with Crippen LogP contribution in [0.3, 0.4) is 0 Å². The number of aryl methyl sites for hydroxylation is 2. The van der Waals surface area contributed by atoms with Crippen LogP contribution >= 0.6 is 11.6 Å². The normalized spacial score (nSPS) is 14.1. The third kappa shape index (κ3) is 6.52. The molecule has 1 aliphatic rings. The molecular formula is C26H31ClFN5O2. The van der Waals surface area contributed by atoms with Gasteiger partial charge in [-0.3, -0.25) is 4.90 Å². The van der Waals surface area contributed by atoms with Crippen LogP contribution in [-0.2, 0) is 6.42 Å². The highest BCUT2D eigenvalue weighted by atomic mass is 35.5. The molecule has 0 bridgehead atoms. The van der Waals surface area contributed by atoms with E-state index in [0.29, 0.717) is 33.9 Å². The minimum absolute atomic E-state index is 0.168. The molecule has 2 heterocycles. The molecule has 3 aromatic rings. The zero-order valence-electron chi connectivity index (χ0n) is 20.4. The fourth-order valence-corrected chi connectivity index (χ4v) is 4.50. The van der Waals surface area contributed by atoms with Gasteiger partial charge < -0.3 is 19.7 Å². The number of methoxy groups -OCH3 is 2. The van der Waals surface area contributed by atoms with Crippen molar-refractivity contribution < 1.29 is 13.9 Å². The number of piperazine rings is 1. The van der Waals surface area contributed by atoms with Crippen molar-refractivity contribution in [1.29, 1.82) is 0 Å². The van der Waals surface area contributed by atoms with Gasteiger partial charge in [-0.1, -0.05) is 23.7 Å². The van der Waals surface area contributed by atoms with Crippen LogP contribution in [0.2, 0.25) is 5.02 Å². The van der Waals surface area contributed by atoms with Crippen molar-refractivity contribution >= 4 is 28.9 Å². The molecule has 7 nitrogen and oxygen atoms in total. The molecule has 2 aromatic carbocycles. The summed E-state index contributed by atoms with van der Waals surface area (Å²) in [6.45, 7) is 6.56. The lowest BCUT2D eigenvalue weighted by Gasteiger charge is -2.35. The number of hydrogen-bond donors (Lipinski definition) is 1. The minimum atomic E-state index is -0.168. The number of nitrogens with one attached hydrogen (secondary N) is 1. The average molecular weight is 500 g/mol. The van der Waals surface area contributed by atoms with Gasteiger partial charge in [0.25, 0.3) is 0 Å². The van der Waals surface area contributed by atoms with E-state index in [0.717, 1.165) is 56.9 Å². The summed E-state index contributed by atoms with van der Waals surface area (Å²) in [6.07, 6.45) is 1.90. The maximum Gasteiger partial charge on any atom is 0.144 e. The molecule has 1 saturated heterocycles.